The average Bonchev–Trinajstić information content (AvgIpc) is 2.80. The van der Waals surface area contributed by atoms with Gasteiger partial charge in [-0.15, -0.1) is 0 Å². The fourth-order valence-corrected chi connectivity index (χ4v) is 2.42. The third kappa shape index (κ3) is 3.29. The summed E-state index contributed by atoms with van der Waals surface area (Å²) in [7, 11) is 0. The van der Waals surface area contributed by atoms with E-state index in [2.05, 4.69) is 10.6 Å². The fourth-order valence-electron chi connectivity index (χ4n) is 2.42. The predicted octanol–water partition coefficient (Wildman–Crippen LogP) is 1.96. The molecule has 0 aliphatic carbocycles. The average molecular weight is 276 g/mol. The molecule has 1 amide bonds. The van der Waals surface area contributed by atoms with Gasteiger partial charge in [-0.1, -0.05) is 18.2 Å². The summed E-state index contributed by atoms with van der Waals surface area (Å²) in [5.74, 6) is -1.12. The minimum absolute atomic E-state index is 0.0484. The summed E-state index contributed by atoms with van der Waals surface area (Å²) >= 11 is 0. The second-order valence-corrected chi connectivity index (χ2v) is 5.79. The molecule has 1 atom stereocenters. The van der Waals surface area contributed by atoms with Crippen LogP contribution >= 0.6 is 0 Å². The van der Waals surface area contributed by atoms with Gasteiger partial charge in [-0.25, -0.2) is 0 Å². The number of fused-ring (bicyclic) bond motifs is 1. The van der Waals surface area contributed by atoms with E-state index in [-0.39, 0.29) is 18.2 Å². The Morgan fingerprint density at radius 3 is 2.80 bits per heavy atom. The summed E-state index contributed by atoms with van der Waals surface area (Å²) < 4.78 is 0. The van der Waals surface area contributed by atoms with E-state index in [0.717, 1.165) is 11.3 Å². The molecule has 0 bridgehead atoms. The smallest absolute Gasteiger partial charge is 0.303 e. The van der Waals surface area contributed by atoms with Crippen molar-refractivity contribution < 1.29 is 14.7 Å². The summed E-state index contributed by atoms with van der Waals surface area (Å²) in [5, 5.41) is 14.9. The zero-order valence-corrected chi connectivity index (χ0v) is 11.8. The molecule has 1 heterocycles. The maximum Gasteiger partial charge on any atom is 0.303 e. The molecule has 20 heavy (non-hydrogen) atoms. The third-order valence-corrected chi connectivity index (χ3v) is 3.57. The molecule has 108 valence electrons. The number of carboxylic acid groups (broad SMARTS) is 1. The lowest BCUT2D eigenvalue weighted by atomic mass is 9.95. The molecule has 1 aliphatic heterocycles. The number of para-hydroxylation sites is 1. The van der Waals surface area contributed by atoms with Crippen LogP contribution in [0.4, 0.5) is 5.69 Å². The number of anilines is 1. The third-order valence-electron chi connectivity index (χ3n) is 3.57. The molecule has 0 spiro atoms. The van der Waals surface area contributed by atoms with Crippen LogP contribution < -0.4 is 10.6 Å². The second-order valence-electron chi connectivity index (χ2n) is 5.79. The quantitative estimate of drug-likeness (QED) is 0.768. The van der Waals surface area contributed by atoms with Gasteiger partial charge in [-0.05, 0) is 31.9 Å². The number of hydrogen-bond acceptors (Lipinski definition) is 3. The molecule has 0 radical (unpaired) electrons. The van der Waals surface area contributed by atoms with Crippen LogP contribution in [0.25, 0.3) is 0 Å². The van der Waals surface area contributed by atoms with Crippen molar-refractivity contribution >= 4 is 17.6 Å². The largest absolute Gasteiger partial charge is 0.481 e. The number of carboxylic acids is 1. The molecule has 3 N–H and O–H groups in total. The van der Waals surface area contributed by atoms with Gasteiger partial charge in [0.1, 0.15) is 0 Å². The van der Waals surface area contributed by atoms with Crippen LogP contribution in [0.2, 0.25) is 0 Å². The summed E-state index contributed by atoms with van der Waals surface area (Å²) in [5.41, 5.74) is 1.47. The Kier molecular flexibility index (Phi) is 3.97. The van der Waals surface area contributed by atoms with Gasteiger partial charge in [-0.2, -0.15) is 0 Å². The molecule has 1 aliphatic rings. The Balaban J connectivity index is 2.01. The minimum Gasteiger partial charge on any atom is -0.481 e. The molecule has 5 nitrogen and oxygen atoms in total. The normalized spacial score (nSPS) is 17.2. The van der Waals surface area contributed by atoms with Crippen LogP contribution in [0.1, 0.15) is 38.2 Å². The highest BCUT2D eigenvalue weighted by Gasteiger charge is 2.31. The predicted molar refractivity (Wildman–Crippen MR) is 76.8 cm³/mol. The molecular formula is C15H20N2O3. The zero-order chi connectivity index (χ0) is 14.8. The lowest BCUT2D eigenvalue weighted by Gasteiger charge is -2.27. The highest BCUT2D eigenvalue weighted by atomic mass is 16.4. The van der Waals surface area contributed by atoms with Crippen molar-refractivity contribution in [3.63, 3.8) is 0 Å². The van der Waals surface area contributed by atoms with Gasteiger partial charge in [0.25, 0.3) is 0 Å². The van der Waals surface area contributed by atoms with Gasteiger partial charge >= 0.3 is 5.97 Å². The Hall–Kier alpha value is -2.04. The number of carbonyl (C=O) groups is 2. The standard InChI is InChI=1S/C15H20N2O3/c1-15(2,8-7-13(18)19)17-14(20)11-9-16-12-6-4-3-5-10(11)12/h3-6,11,16H,7-9H2,1-2H3,(H,17,20)(H,18,19). The van der Waals surface area contributed by atoms with Crippen LogP contribution in [-0.4, -0.2) is 29.1 Å². The van der Waals surface area contributed by atoms with Crippen LogP contribution in [-0.2, 0) is 9.59 Å². The summed E-state index contributed by atoms with van der Waals surface area (Å²) in [6.07, 6.45) is 0.461. The Morgan fingerprint density at radius 2 is 2.10 bits per heavy atom. The van der Waals surface area contributed by atoms with Crippen molar-refractivity contribution in [2.45, 2.75) is 38.1 Å². The fraction of sp³-hybridized carbons (Fsp3) is 0.467. The van der Waals surface area contributed by atoms with Gasteiger partial charge in [0, 0.05) is 24.2 Å². The van der Waals surface area contributed by atoms with E-state index in [0.29, 0.717) is 13.0 Å². The van der Waals surface area contributed by atoms with Crippen molar-refractivity contribution in [2.24, 2.45) is 0 Å². The molecule has 1 unspecified atom stereocenters. The van der Waals surface area contributed by atoms with Crippen LogP contribution in [0, 0.1) is 0 Å². The number of carbonyl (C=O) groups excluding carboxylic acids is 1. The second kappa shape index (κ2) is 5.53. The summed E-state index contributed by atoms with van der Waals surface area (Å²) in [4.78, 5) is 23.0. The highest BCUT2D eigenvalue weighted by Crippen LogP contribution is 2.31. The number of nitrogens with one attached hydrogen (secondary N) is 2. The molecule has 1 aromatic carbocycles. The van der Waals surface area contributed by atoms with E-state index < -0.39 is 11.5 Å². The van der Waals surface area contributed by atoms with E-state index in [1.54, 1.807) is 0 Å². The Bertz CT molecular complexity index is 526. The molecule has 0 saturated heterocycles. The monoisotopic (exact) mass is 276 g/mol. The number of amides is 1. The van der Waals surface area contributed by atoms with E-state index in [1.165, 1.54) is 0 Å². The van der Waals surface area contributed by atoms with E-state index in [9.17, 15) is 9.59 Å². The topological polar surface area (TPSA) is 78.4 Å². The minimum atomic E-state index is -0.847. The van der Waals surface area contributed by atoms with Crippen molar-refractivity contribution in [1.82, 2.24) is 5.32 Å². The van der Waals surface area contributed by atoms with Crippen molar-refractivity contribution in [3.05, 3.63) is 29.8 Å². The van der Waals surface area contributed by atoms with Gasteiger partial charge < -0.3 is 15.7 Å². The maximum atomic E-state index is 12.4. The molecular weight excluding hydrogens is 256 g/mol. The van der Waals surface area contributed by atoms with Crippen molar-refractivity contribution in [3.8, 4) is 0 Å². The number of hydrogen-bond donors (Lipinski definition) is 3. The van der Waals surface area contributed by atoms with Crippen LogP contribution in [0.3, 0.4) is 0 Å². The van der Waals surface area contributed by atoms with Crippen molar-refractivity contribution in [2.75, 3.05) is 11.9 Å². The molecule has 0 fully saturated rings. The zero-order valence-electron chi connectivity index (χ0n) is 11.8. The van der Waals surface area contributed by atoms with Gasteiger partial charge in [-0.3, -0.25) is 9.59 Å². The molecule has 2 rings (SSSR count). The molecule has 1 aromatic rings. The first kappa shape index (κ1) is 14.4. The lowest BCUT2D eigenvalue weighted by molar-refractivity contribution is -0.137. The lowest BCUT2D eigenvalue weighted by Crippen LogP contribution is -2.46. The Labute approximate surface area is 118 Å². The van der Waals surface area contributed by atoms with Crippen LogP contribution in [0.15, 0.2) is 24.3 Å². The Morgan fingerprint density at radius 1 is 1.40 bits per heavy atom. The SMILES string of the molecule is CC(C)(CCC(=O)O)NC(=O)C1CNc2ccccc21. The summed E-state index contributed by atoms with van der Waals surface area (Å²) in [6, 6.07) is 7.76. The molecule has 5 heteroatoms. The van der Waals surface area contributed by atoms with Gasteiger partial charge in [0.15, 0.2) is 0 Å². The molecule has 0 aromatic heterocycles. The van der Waals surface area contributed by atoms with Gasteiger partial charge in [0.05, 0.1) is 5.92 Å². The van der Waals surface area contributed by atoms with Gasteiger partial charge in [0.2, 0.25) is 5.91 Å². The van der Waals surface area contributed by atoms with E-state index >= 15 is 0 Å². The first-order valence-corrected chi connectivity index (χ1v) is 6.76. The van der Waals surface area contributed by atoms with Crippen molar-refractivity contribution in [1.29, 1.82) is 0 Å². The first-order valence-electron chi connectivity index (χ1n) is 6.76. The summed E-state index contributed by atoms with van der Waals surface area (Å²) in [6.45, 7) is 4.28. The van der Waals surface area contributed by atoms with E-state index in [1.807, 2.05) is 38.1 Å². The number of rotatable bonds is 5. The first-order chi connectivity index (χ1) is 9.39. The van der Waals surface area contributed by atoms with E-state index in [4.69, 9.17) is 5.11 Å². The maximum absolute atomic E-state index is 12.4. The highest BCUT2D eigenvalue weighted by molar-refractivity contribution is 5.88. The van der Waals surface area contributed by atoms with Crippen LogP contribution in [0.5, 0.6) is 0 Å². The number of benzene rings is 1. The molecule has 0 saturated carbocycles. The number of aliphatic carboxylic acids is 1.